The van der Waals surface area contributed by atoms with Crippen LogP contribution >= 0.6 is 0 Å². The van der Waals surface area contributed by atoms with Crippen LogP contribution in [0.2, 0.25) is 0 Å². The molecule has 1 fully saturated rings. The molecular weight excluding hydrogens is 608 g/mol. The molecule has 0 bridgehead atoms. The van der Waals surface area contributed by atoms with Gasteiger partial charge in [-0.1, -0.05) is 52.0 Å². The molecule has 47 heavy (non-hydrogen) atoms. The van der Waals surface area contributed by atoms with Crippen molar-refractivity contribution in [1.29, 1.82) is 0 Å². The highest BCUT2D eigenvalue weighted by Crippen LogP contribution is 2.36. The van der Waals surface area contributed by atoms with Gasteiger partial charge in [-0.3, -0.25) is 19.2 Å². The molecule has 11 nitrogen and oxygen atoms in total. The molecule has 0 radical (unpaired) electrons. The topological polar surface area (TPSA) is 158 Å². The number of hydrogen-bond acceptors (Lipinski definition) is 11. The average molecular weight is 665 g/mol. The molecule has 2 rings (SSSR count). The van der Waals surface area contributed by atoms with Crippen LogP contribution in [0.4, 0.5) is 0 Å². The van der Waals surface area contributed by atoms with Crippen molar-refractivity contribution < 1.29 is 53.1 Å². The van der Waals surface area contributed by atoms with E-state index in [0.717, 1.165) is 12.0 Å². The highest BCUT2D eigenvalue weighted by Gasteiger charge is 2.45. The van der Waals surface area contributed by atoms with Crippen LogP contribution in [0.5, 0.6) is 0 Å². The van der Waals surface area contributed by atoms with Gasteiger partial charge in [0.25, 0.3) is 0 Å². The zero-order chi connectivity index (χ0) is 35.3. The molecule has 0 amide bonds. The molecule has 266 valence electrons. The van der Waals surface area contributed by atoms with Gasteiger partial charge in [-0.2, -0.15) is 0 Å². The smallest absolute Gasteiger partial charge is 0.313 e. The fourth-order valence-corrected chi connectivity index (χ4v) is 5.71. The Balaban J connectivity index is 2.23. The van der Waals surface area contributed by atoms with Crippen molar-refractivity contribution in [3.63, 3.8) is 0 Å². The lowest BCUT2D eigenvalue weighted by molar-refractivity contribution is -0.161. The molecule has 0 aromatic rings. The lowest BCUT2D eigenvalue weighted by atomic mass is 9.88. The van der Waals surface area contributed by atoms with Crippen LogP contribution in [0.15, 0.2) is 36.0 Å². The van der Waals surface area contributed by atoms with Crippen LogP contribution in [0.25, 0.3) is 0 Å². The Labute approximate surface area is 279 Å². The van der Waals surface area contributed by atoms with E-state index in [4.69, 9.17) is 23.7 Å². The number of hydrogen-bond donors (Lipinski definition) is 2. The van der Waals surface area contributed by atoms with Gasteiger partial charge in [-0.25, -0.2) is 0 Å². The summed E-state index contributed by atoms with van der Waals surface area (Å²) < 4.78 is 27.8. The summed E-state index contributed by atoms with van der Waals surface area (Å²) in [6, 6.07) is 0. The molecule has 1 saturated heterocycles. The summed E-state index contributed by atoms with van der Waals surface area (Å²) in [6.07, 6.45) is 7.07. The summed E-state index contributed by atoms with van der Waals surface area (Å²) in [5.41, 5.74) is -0.793. The summed E-state index contributed by atoms with van der Waals surface area (Å²) in [6.45, 7) is 14.4. The summed E-state index contributed by atoms with van der Waals surface area (Å²) in [4.78, 5) is 49.8. The predicted molar refractivity (Wildman–Crippen MR) is 175 cm³/mol. The number of Topliss-reactive ketones (excluding diaryl/α,β-unsaturated/α-hetero) is 1. The fourth-order valence-electron chi connectivity index (χ4n) is 5.71. The molecule has 0 saturated carbocycles. The van der Waals surface area contributed by atoms with Gasteiger partial charge in [0.1, 0.15) is 36.9 Å². The summed E-state index contributed by atoms with van der Waals surface area (Å²) in [7, 11) is 0. The number of carbonyl (C=O) groups excluding carboxylic acids is 4. The number of aliphatic hydroxyl groups is 2. The van der Waals surface area contributed by atoms with Crippen molar-refractivity contribution in [2.45, 2.75) is 136 Å². The second kappa shape index (κ2) is 19.2. The van der Waals surface area contributed by atoms with Gasteiger partial charge in [0.15, 0.2) is 5.78 Å². The average Bonchev–Trinajstić information content (AvgIpc) is 3.76. The van der Waals surface area contributed by atoms with Gasteiger partial charge in [0, 0.05) is 25.4 Å². The molecule has 10 unspecified atom stereocenters. The molecule has 11 heteroatoms. The Morgan fingerprint density at radius 3 is 2.49 bits per heavy atom. The normalized spacial score (nSPS) is 31.4. The minimum atomic E-state index is -1.55. The van der Waals surface area contributed by atoms with E-state index in [-0.39, 0.29) is 61.9 Å². The van der Waals surface area contributed by atoms with Crippen LogP contribution < -0.4 is 0 Å². The first-order valence-corrected chi connectivity index (χ1v) is 16.8. The van der Waals surface area contributed by atoms with Gasteiger partial charge < -0.3 is 33.9 Å². The minimum absolute atomic E-state index is 0.0257. The Morgan fingerprint density at radius 1 is 1.15 bits per heavy atom. The Morgan fingerprint density at radius 2 is 1.85 bits per heavy atom. The molecular formula is C36H56O11. The molecule has 0 spiro atoms. The van der Waals surface area contributed by atoms with Crippen LogP contribution in [0, 0.1) is 17.8 Å². The number of carbonyl (C=O) groups is 4. The molecule has 0 aromatic carbocycles. The van der Waals surface area contributed by atoms with Crippen LogP contribution in [-0.2, 0) is 42.9 Å². The van der Waals surface area contributed by atoms with Crippen molar-refractivity contribution in [3.8, 4) is 0 Å². The first kappa shape index (κ1) is 40.3. The van der Waals surface area contributed by atoms with Crippen molar-refractivity contribution in [2.24, 2.45) is 17.8 Å². The van der Waals surface area contributed by atoms with Gasteiger partial charge in [-0.15, -0.1) is 0 Å². The number of cyclic esters (lactones) is 1. The molecule has 2 heterocycles. The van der Waals surface area contributed by atoms with E-state index < -0.39 is 54.0 Å². The maximum Gasteiger partial charge on any atom is 0.313 e. The molecule has 2 aliphatic heterocycles. The van der Waals surface area contributed by atoms with Crippen LogP contribution in [-0.4, -0.2) is 89.3 Å². The number of aliphatic hydroxyl groups excluding tert-OH is 1. The third kappa shape index (κ3) is 14.0. The van der Waals surface area contributed by atoms with Crippen LogP contribution in [0.3, 0.4) is 0 Å². The lowest BCUT2D eigenvalue weighted by Gasteiger charge is -2.33. The highest BCUT2D eigenvalue weighted by atomic mass is 16.6. The molecule has 0 aliphatic carbocycles. The van der Waals surface area contributed by atoms with Crippen molar-refractivity contribution in [2.75, 3.05) is 13.2 Å². The number of esters is 3. The van der Waals surface area contributed by atoms with E-state index in [1.807, 2.05) is 39.8 Å². The second-order valence-corrected chi connectivity index (χ2v) is 13.2. The first-order chi connectivity index (χ1) is 22.1. The van der Waals surface area contributed by atoms with Crippen LogP contribution in [0.1, 0.15) is 93.9 Å². The maximum atomic E-state index is 13.2. The van der Waals surface area contributed by atoms with Crippen molar-refractivity contribution in [3.05, 3.63) is 36.0 Å². The zero-order valence-corrected chi connectivity index (χ0v) is 29.3. The standard InChI is InChI=1S/C36H56O11/c1-9-29(39)25(6)35-30(46-35)18-22(3)12-11-13-23(4)34-24(5)14-15-31(44-26(7)37)36(8,42)17-16-28(20-33(41)47-34)45-32(40)19-27(38)21-43-10-2/h11-15,22,24-25,28-31,34-35,39,42H,9-10,16-21H2,1-8H3/b12-11+,15-14-,23-13+. The Bertz CT molecular complexity index is 1140. The van der Waals surface area contributed by atoms with Crippen molar-refractivity contribution >= 4 is 23.7 Å². The summed E-state index contributed by atoms with van der Waals surface area (Å²) >= 11 is 0. The van der Waals surface area contributed by atoms with E-state index >= 15 is 0 Å². The van der Waals surface area contributed by atoms with E-state index in [9.17, 15) is 29.4 Å². The molecule has 2 aliphatic rings. The number of ether oxygens (including phenoxy) is 5. The number of ketones is 1. The van der Waals surface area contributed by atoms with Gasteiger partial charge in [0.2, 0.25) is 0 Å². The fraction of sp³-hybridized carbons (Fsp3) is 0.722. The monoisotopic (exact) mass is 664 g/mol. The summed E-state index contributed by atoms with van der Waals surface area (Å²) in [5.74, 6) is -2.52. The largest absolute Gasteiger partial charge is 0.461 e. The van der Waals surface area contributed by atoms with E-state index in [2.05, 4.69) is 13.0 Å². The van der Waals surface area contributed by atoms with E-state index in [1.165, 1.54) is 13.8 Å². The molecule has 0 aromatic heterocycles. The van der Waals surface area contributed by atoms with Gasteiger partial charge >= 0.3 is 17.9 Å². The Hall–Kier alpha value is -2.86. The highest BCUT2D eigenvalue weighted by molar-refractivity contribution is 5.96. The van der Waals surface area contributed by atoms with Gasteiger partial charge in [0.05, 0.1) is 24.7 Å². The van der Waals surface area contributed by atoms with E-state index in [1.54, 1.807) is 19.1 Å². The third-order valence-corrected chi connectivity index (χ3v) is 8.72. The third-order valence-electron chi connectivity index (χ3n) is 8.72. The zero-order valence-electron chi connectivity index (χ0n) is 29.3. The maximum absolute atomic E-state index is 13.2. The first-order valence-electron chi connectivity index (χ1n) is 16.8. The number of rotatable bonds is 15. The second-order valence-electron chi connectivity index (χ2n) is 13.2. The Kier molecular flexibility index (Phi) is 16.5. The summed E-state index contributed by atoms with van der Waals surface area (Å²) in [5, 5.41) is 21.4. The molecule has 10 atom stereocenters. The van der Waals surface area contributed by atoms with Gasteiger partial charge in [-0.05, 0) is 64.0 Å². The minimum Gasteiger partial charge on any atom is -0.461 e. The molecule has 2 N–H and O–H groups in total. The van der Waals surface area contributed by atoms with Crippen molar-refractivity contribution in [1.82, 2.24) is 0 Å². The SMILES string of the molecule is CCOCC(=O)CC(=O)OC1CCC(C)(O)C(OC(C)=O)/C=C\C(C)C(/C(C)=C/C=C/C(C)CC2OC2C(C)C(O)CC)OC(=O)C1. The lowest BCUT2D eigenvalue weighted by Crippen LogP contribution is -2.42. The predicted octanol–water partition coefficient (Wildman–Crippen LogP) is 4.57. The van der Waals surface area contributed by atoms with E-state index in [0.29, 0.717) is 13.0 Å². The quantitative estimate of drug-likeness (QED) is 0.0631. The number of allylic oxidation sites excluding steroid dienone is 3. The number of epoxide rings is 1.